The van der Waals surface area contributed by atoms with Gasteiger partial charge >= 0.3 is 6.09 Å². The number of ether oxygens (including phenoxy) is 2. The lowest BCUT2D eigenvalue weighted by atomic mass is 10.1. The molecule has 0 radical (unpaired) electrons. The number of fused-ring (bicyclic) bond motifs is 1. The highest BCUT2D eigenvalue weighted by atomic mass is 19.1. The van der Waals surface area contributed by atoms with Crippen molar-refractivity contribution in [2.75, 3.05) is 13.1 Å². The van der Waals surface area contributed by atoms with Gasteiger partial charge in [-0.3, -0.25) is 9.38 Å². The van der Waals surface area contributed by atoms with Crippen LogP contribution in [0.25, 0.3) is 16.9 Å². The highest BCUT2D eigenvalue weighted by Crippen LogP contribution is 2.32. The van der Waals surface area contributed by atoms with Crippen molar-refractivity contribution < 1.29 is 18.7 Å². The van der Waals surface area contributed by atoms with Gasteiger partial charge in [0.05, 0.1) is 29.8 Å². The number of likely N-dealkylation sites (tertiary alicyclic amines) is 1. The van der Waals surface area contributed by atoms with Crippen LogP contribution in [0, 0.1) is 24.1 Å². The predicted molar refractivity (Wildman–Crippen MR) is 143 cm³/mol. The molecule has 2 atom stereocenters. The second kappa shape index (κ2) is 10.6. The van der Waals surface area contributed by atoms with Crippen molar-refractivity contribution in [1.29, 1.82) is 5.26 Å². The van der Waals surface area contributed by atoms with E-state index in [0.717, 1.165) is 24.7 Å². The summed E-state index contributed by atoms with van der Waals surface area (Å²) in [6.45, 7) is 10.4. The van der Waals surface area contributed by atoms with E-state index in [1.165, 1.54) is 12.3 Å². The van der Waals surface area contributed by atoms with Crippen LogP contribution >= 0.6 is 0 Å². The maximum absolute atomic E-state index is 13.4. The van der Waals surface area contributed by atoms with E-state index in [1.54, 1.807) is 28.4 Å². The van der Waals surface area contributed by atoms with Gasteiger partial charge in [-0.1, -0.05) is 5.21 Å². The van der Waals surface area contributed by atoms with Crippen LogP contribution in [0.15, 0.2) is 36.7 Å². The number of hydrogen-bond donors (Lipinski definition) is 0. The average molecular weight is 547 g/mol. The zero-order chi connectivity index (χ0) is 28.6. The van der Waals surface area contributed by atoms with Crippen LogP contribution in [0.4, 0.5) is 9.18 Å². The molecule has 5 heterocycles. The Bertz CT molecular complexity index is 1580. The molecule has 1 aliphatic heterocycles. The quantitative estimate of drug-likeness (QED) is 0.342. The molecule has 1 saturated heterocycles. The molecule has 40 heavy (non-hydrogen) atoms. The minimum atomic E-state index is -0.568. The zero-order valence-corrected chi connectivity index (χ0v) is 23.1. The molecular formula is C28H31FN8O3. The number of amides is 1. The lowest BCUT2D eigenvalue weighted by Crippen LogP contribution is -2.43. The van der Waals surface area contributed by atoms with Crippen LogP contribution < -0.4 is 4.74 Å². The van der Waals surface area contributed by atoms with E-state index >= 15 is 0 Å². The van der Waals surface area contributed by atoms with E-state index in [-0.39, 0.29) is 12.1 Å². The molecule has 1 aliphatic rings. The van der Waals surface area contributed by atoms with Crippen LogP contribution in [-0.2, 0) is 4.74 Å². The van der Waals surface area contributed by atoms with Gasteiger partial charge < -0.3 is 14.4 Å². The molecule has 1 amide bonds. The van der Waals surface area contributed by atoms with Crippen LogP contribution in [-0.4, -0.2) is 59.0 Å². The highest BCUT2D eigenvalue weighted by molar-refractivity contribution is 5.69. The van der Waals surface area contributed by atoms with Crippen molar-refractivity contribution in [3.63, 3.8) is 0 Å². The number of rotatable bonds is 5. The summed E-state index contributed by atoms with van der Waals surface area (Å²) >= 11 is 0. The number of imidazole rings is 1. The number of nitrogens with zero attached hydrogens (tertiary/aromatic N) is 8. The fourth-order valence-corrected chi connectivity index (χ4v) is 4.85. The maximum atomic E-state index is 13.4. The van der Waals surface area contributed by atoms with Crippen molar-refractivity contribution in [1.82, 2.24) is 34.3 Å². The van der Waals surface area contributed by atoms with E-state index in [2.05, 4.69) is 26.3 Å². The Morgan fingerprint density at radius 1 is 1.23 bits per heavy atom. The molecule has 0 spiro atoms. The van der Waals surface area contributed by atoms with Gasteiger partial charge in [0.15, 0.2) is 0 Å². The van der Waals surface area contributed by atoms with Gasteiger partial charge in [0.25, 0.3) is 0 Å². The van der Waals surface area contributed by atoms with Crippen molar-refractivity contribution in [2.24, 2.45) is 0 Å². The number of carbonyl (C=O) groups excluding carboxylic acids is 1. The summed E-state index contributed by atoms with van der Waals surface area (Å²) in [7, 11) is 0. The van der Waals surface area contributed by atoms with Crippen molar-refractivity contribution in [3.8, 4) is 23.2 Å². The Balaban J connectivity index is 1.46. The van der Waals surface area contributed by atoms with Gasteiger partial charge in [0.1, 0.15) is 40.6 Å². The molecule has 0 unspecified atom stereocenters. The number of piperidine rings is 1. The van der Waals surface area contributed by atoms with Crippen LogP contribution in [0.2, 0.25) is 0 Å². The minimum absolute atomic E-state index is 0.0526. The van der Waals surface area contributed by atoms with Gasteiger partial charge in [-0.05, 0) is 65.7 Å². The smallest absolute Gasteiger partial charge is 0.410 e. The number of hydrogen-bond acceptors (Lipinski definition) is 8. The standard InChI is InChI=1S/C28H31FN8O3/c1-17-26(33-34-37(17)21-7-6-10-35(16-21)27(38)40-28(3,4)5)19-11-24-32-15-22(13-30)36(24)25(12-19)39-18(2)23-9-8-20(29)14-31-23/h8-9,11-12,14-15,18,21H,6-7,10,16H2,1-5H3/t18-,21+/m1/s1. The normalized spacial score (nSPS) is 16.5. The van der Waals surface area contributed by atoms with Crippen molar-refractivity contribution >= 4 is 11.7 Å². The molecule has 0 aromatic carbocycles. The summed E-state index contributed by atoms with van der Waals surface area (Å²) in [5, 5.41) is 18.6. The van der Waals surface area contributed by atoms with Gasteiger partial charge in [0, 0.05) is 24.7 Å². The fraction of sp³-hybridized carbons (Fsp3) is 0.429. The number of halogens is 1. The van der Waals surface area contributed by atoms with E-state index in [0.29, 0.717) is 47.3 Å². The molecular weight excluding hydrogens is 515 g/mol. The Morgan fingerprint density at radius 3 is 2.73 bits per heavy atom. The number of pyridine rings is 2. The van der Waals surface area contributed by atoms with E-state index in [4.69, 9.17) is 9.47 Å². The largest absolute Gasteiger partial charge is 0.469 e. The molecule has 4 aromatic rings. The summed E-state index contributed by atoms with van der Waals surface area (Å²) in [6, 6.07) is 8.57. The zero-order valence-electron chi connectivity index (χ0n) is 23.1. The van der Waals surface area contributed by atoms with E-state index in [1.807, 2.05) is 38.4 Å². The molecule has 0 bridgehead atoms. The second-order valence-corrected chi connectivity index (χ2v) is 10.9. The first-order valence-electron chi connectivity index (χ1n) is 13.1. The molecule has 0 aliphatic carbocycles. The minimum Gasteiger partial charge on any atom is -0.469 e. The van der Waals surface area contributed by atoms with Gasteiger partial charge in [-0.15, -0.1) is 5.10 Å². The maximum Gasteiger partial charge on any atom is 0.410 e. The van der Waals surface area contributed by atoms with Crippen LogP contribution in [0.5, 0.6) is 5.88 Å². The number of nitriles is 1. The average Bonchev–Trinajstić information content (AvgIpc) is 3.51. The summed E-state index contributed by atoms with van der Waals surface area (Å²) < 4.78 is 28.7. The van der Waals surface area contributed by atoms with Gasteiger partial charge in [-0.2, -0.15) is 5.26 Å². The Hall–Kier alpha value is -4.53. The summed E-state index contributed by atoms with van der Waals surface area (Å²) in [6.07, 6.45) is 3.41. The first-order chi connectivity index (χ1) is 19.0. The molecule has 11 nitrogen and oxygen atoms in total. The monoisotopic (exact) mass is 546 g/mol. The fourth-order valence-electron chi connectivity index (χ4n) is 4.85. The predicted octanol–water partition coefficient (Wildman–Crippen LogP) is 5.02. The third kappa shape index (κ3) is 5.45. The number of aromatic nitrogens is 6. The van der Waals surface area contributed by atoms with Gasteiger partial charge in [0.2, 0.25) is 5.88 Å². The molecule has 5 rings (SSSR count). The molecule has 1 fully saturated rings. The lowest BCUT2D eigenvalue weighted by Gasteiger charge is -2.34. The molecule has 0 N–H and O–H groups in total. The molecule has 12 heteroatoms. The molecule has 0 saturated carbocycles. The third-order valence-corrected chi connectivity index (χ3v) is 6.75. The Morgan fingerprint density at radius 2 is 2.02 bits per heavy atom. The first kappa shape index (κ1) is 27.1. The molecule has 4 aromatic heterocycles. The Kier molecular flexibility index (Phi) is 7.14. The first-order valence-corrected chi connectivity index (χ1v) is 13.1. The third-order valence-electron chi connectivity index (χ3n) is 6.75. The Labute approximate surface area is 231 Å². The highest BCUT2D eigenvalue weighted by Gasteiger charge is 2.30. The van der Waals surface area contributed by atoms with Crippen molar-refractivity contribution in [2.45, 2.75) is 65.2 Å². The summed E-state index contributed by atoms with van der Waals surface area (Å²) in [5.41, 5.74) is 2.95. The topological polar surface area (TPSA) is 123 Å². The van der Waals surface area contributed by atoms with Crippen LogP contribution in [0.1, 0.15) is 69.8 Å². The lowest BCUT2D eigenvalue weighted by molar-refractivity contribution is 0.0165. The second-order valence-electron chi connectivity index (χ2n) is 10.9. The summed E-state index contributed by atoms with van der Waals surface area (Å²) in [4.78, 5) is 22.9. The van der Waals surface area contributed by atoms with E-state index in [9.17, 15) is 14.4 Å². The van der Waals surface area contributed by atoms with Gasteiger partial charge in [-0.25, -0.2) is 18.9 Å². The molecule has 208 valence electrons. The number of carbonyl (C=O) groups is 1. The van der Waals surface area contributed by atoms with Crippen molar-refractivity contribution in [3.05, 3.63) is 59.6 Å². The summed E-state index contributed by atoms with van der Waals surface area (Å²) in [5.74, 6) is -0.0738. The van der Waals surface area contributed by atoms with Crippen LogP contribution in [0.3, 0.4) is 0 Å². The SMILES string of the molecule is Cc1c(-c2cc(O[C@H](C)c3ccc(F)cn3)n3c(C#N)cnc3c2)nnn1[C@H]1CCCN(C(=O)OC(C)(C)C)C1. The van der Waals surface area contributed by atoms with E-state index < -0.39 is 17.5 Å².